The van der Waals surface area contributed by atoms with E-state index in [2.05, 4.69) is 4.90 Å². The second kappa shape index (κ2) is 4.06. The lowest BCUT2D eigenvalue weighted by Crippen LogP contribution is -2.41. The predicted molar refractivity (Wildman–Crippen MR) is 74.4 cm³/mol. The molecule has 0 radical (unpaired) electrons. The van der Waals surface area contributed by atoms with Crippen molar-refractivity contribution in [2.75, 3.05) is 18.8 Å². The number of rotatable bonds is 2. The third-order valence-electron chi connectivity index (χ3n) is 4.60. The summed E-state index contributed by atoms with van der Waals surface area (Å²) in [5.74, 6) is -0.398. The molecule has 1 saturated heterocycles. The number of benzene rings is 1. The minimum Gasteiger partial charge on any atom is -0.398 e. The summed E-state index contributed by atoms with van der Waals surface area (Å²) < 4.78 is 0. The van der Waals surface area contributed by atoms with Crippen molar-refractivity contribution in [3.63, 3.8) is 0 Å². The molecule has 4 rings (SSSR count). The zero-order valence-corrected chi connectivity index (χ0v) is 11.2. The lowest BCUT2D eigenvalue weighted by atomic mass is 10.1. The third kappa shape index (κ3) is 1.59. The molecule has 2 aliphatic heterocycles. The maximum atomic E-state index is 12.5. The number of fused-ring (bicyclic) bond motifs is 1. The molecule has 0 bridgehead atoms. The van der Waals surface area contributed by atoms with E-state index in [1.54, 1.807) is 18.2 Å². The van der Waals surface area contributed by atoms with Crippen LogP contribution in [-0.4, -0.2) is 46.8 Å². The first-order chi connectivity index (χ1) is 9.66. The molecule has 1 aromatic rings. The van der Waals surface area contributed by atoms with E-state index in [-0.39, 0.29) is 17.9 Å². The summed E-state index contributed by atoms with van der Waals surface area (Å²) in [6.07, 6.45) is 3.38. The van der Waals surface area contributed by atoms with Crippen LogP contribution >= 0.6 is 0 Å². The average molecular weight is 271 g/mol. The van der Waals surface area contributed by atoms with E-state index in [9.17, 15) is 9.59 Å². The van der Waals surface area contributed by atoms with Gasteiger partial charge in [0.05, 0.1) is 17.2 Å². The van der Waals surface area contributed by atoms with Gasteiger partial charge in [0.15, 0.2) is 0 Å². The Morgan fingerprint density at radius 1 is 1.05 bits per heavy atom. The quantitative estimate of drug-likeness (QED) is 0.646. The molecule has 0 spiro atoms. The van der Waals surface area contributed by atoms with Crippen LogP contribution in [0.1, 0.15) is 40.0 Å². The van der Waals surface area contributed by atoms with Crippen LogP contribution in [0, 0.1) is 0 Å². The van der Waals surface area contributed by atoms with E-state index < -0.39 is 0 Å². The van der Waals surface area contributed by atoms with Crippen molar-refractivity contribution >= 4 is 17.5 Å². The number of anilines is 1. The van der Waals surface area contributed by atoms with Crippen LogP contribution in [0.15, 0.2) is 18.2 Å². The van der Waals surface area contributed by atoms with Gasteiger partial charge in [0.25, 0.3) is 11.8 Å². The highest BCUT2D eigenvalue weighted by Crippen LogP contribution is 2.35. The molecule has 2 amide bonds. The van der Waals surface area contributed by atoms with Crippen LogP contribution in [0.4, 0.5) is 5.69 Å². The van der Waals surface area contributed by atoms with E-state index in [1.165, 1.54) is 17.7 Å². The number of nitrogens with zero attached hydrogens (tertiary/aromatic N) is 2. The standard InChI is InChI=1S/C15H17N3O2/c16-12-3-1-2-11-13(12)15(20)18(14(11)19)10-6-7-17(8-10)9-4-5-9/h1-3,9-10H,4-8,16H2. The first-order valence-corrected chi connectivity index (χ1v) is 7.17. The summed E-state index contributed by atoms with van der Waals surface area (Å²) in [7, 11) is 0. The van der Waals surface area contributed by atoms with Crippen LogP contribution in [0.2, 0.25) is 0 Å². The van der Waals surface area contributed by atoms with Gasteiger partial charge in [-0.1, -0.05) is 6.07 Å². The minimum atomic E-state index is -0.217. The minimum absolute atomic E-state index is 0.00222. The van der Waals surface area contributed by atoms with E-state index in [0.29, 0.717) is 22.9 Å². The molecular weight excluding hydrogens is 254 g/mol. The Bertz CT molecular complexity index is 609. The number of carbonyl (C=O) groups is 2. The average Bonchev–Trinajstić information content (AvgIpc) is 3.11. The fourth-order valence-electron chi connectivity index (χ4n) is 3.41. The van der Waals surface area contributed by atoms with Crippen LogP contribution in [0.5, 0.6) is 0 Å². The SMILES string of the molecule is Nc1cccc2c1C(=O)N(C1CCN(C3CC3)C1)C2=O. The number of nitrogens with two attached hydrogens (primary N) is 1. The molecule has 1 atom stereocenters. The van der Waals surface area contributed by atoms with Crippen molar-refractivity contribution in [3.8, 4) is 0 Å². The highest BCUT2D eigenvalue weighted by Gasteiger charge is 2.45. The van der Waals surface area contributed by atoms with Gasteiger partial charge in [-0.05, 0) is 31.4 Å². The molecule has 2 fully saturated rings. The normalized spacial score (nSPS) is 26.4. The van der Waals surface area contributed by atoms with Gasteiger partial charge in [-0.15, -0.1) is 0 Å². The Labute approximate surface area is 117 Å². The number of carbonyl (C=O) groups excluding carboxylic acids is 2. The first kappa shape index (κ1) is 11.9. The van der Waals surface area contributed by atoms with Gasteiger partial charge in [0, 0.05) is 24.8 Å². The largest absolute Gasteiger partial charge is 0.398 e. The zero-order chi connectivity index (χ0) is 13.9. The summed E-state index contributed by atoms with van der Waals surface area (Å²) in [5, 5.41) is 0. The van der Waals surface area contributed by atoms with E-state index >= 15 is 0 Å². The molecule has 2 heterocycles. The van der Waals surface area contributed by atoms with Crippen molar-refractivity contribution in [1.82, 2.24) is 9.80 Å². The molecule has 104 valence electrons. The Morgan fingerprint density at radius 2 is 1.85 bits per heavy atom. The van der Waals surface area contributed by atoms with Crippen LogP contribution in [-0.2, 0) is 0 Å². The topological polar surface area (TPSA) is 66.6 Å². The van der Waals surface area contributed by atoms with Gasteiger partial charge < -0.3 is 5.73 Å². The fourth-order valence-corrected chi connectivity index (χ4v) is 3.41. The number of likely N-dealkylation sites (tertiary alicyclic amines) is 1. The molecule has 1 aliphatic carbocycles. The summed E-state index contributed by atoms with van der Waals surface area (Å²) in [5.41, 5.74) is 7.11. The summed E-state index contributed by atoms with van der Waals surface area (Å²) in [6.45, 7) is 1.80. The van der Waals surface area contributed by atoms with Gasteiger partial charge in [0.1, 0.15) is 0 Å². The van der Waals surface area contributed by atoms with E-state index in [0.717, 1.165) is 19.5 Å². The molecular formula is C15H17N3O2. The Balaban J connectivity index is 1.63. The van der Waals surface area contributed by atoms with Crippen molar-refractivity contribution in [2.24, 2.45) is 0 Å². The van der Waals surface area contributed by atoms with Crippen molar-refractivity contribution in [3.05, 3.63) is 29.3 Å². The molecule has 1 aromatic carbocycles. The second-order valence-corrected chi connectivity index (χ2v) is 5.92. The molecule has 0 aromatic heterocycles. The fraction of sp³-hybridized carbons (Fsp3) is 0.467. The molecule has 2 N–H and O–H groups in total. The van der Waals surface area contributed by atoms with Gasteiger partial charge in [-0.2, -0.15) is 0 Å². The highest BCUT2D eigenvalue weighted by molar-refractivity contribution is 6.23. The van der Waals surface area contributed by atoms with Crippen molar-refractivity contribution < 1.29 is 9.59 Å². The molecule has 5 heteroatoms. The number of hydrogen-bond donors (Lipinski definition) is 1. The smallest absolute Gasteiger partial charge is 0.263 e. The molecule has 3 aliphatic rings. The molecule has 1 unspecified atom stereocenters. The highest BCUT2D eigenvalue weighted by atomic mass is 16.2. The van der Waals surface area contributed by atoms with Gasteiger partial charge in [-0.25, -0.2) is 0 Å². The second-order valence-electron chi connectivity index (χ2n) is 5.92. The number of amides is 2. The van der Waals surface area contributed by atoms with Gasteiger partial charge >= 0.3 is 0 Å². The monoisotopic (exact) mass is 271 g/mol. The van der Waals surface area contributed by atoms with Gasteiger partial charge in [0.2, 0.25) is 0 Å². The number of nitrogen functional groups attached to an aromatic ring is 1. The Hall–Kier alpha value is -1.88. The van der Waals surface area contributed by atoms with Gasteiger partial charge in [-0.3, -0.25) is 19.4 Å². The van der Waals surface area contributed by atoms with Crippen molar-refractivity contribution in [1.29, 1.82) is 0 Å². The van der Waals surface area contributed by atoms with E-state index in [4.69, 9.17) is 5.73 Å². The lowest BCUT2D eigenvalue weighted by molar-refractivity contribution is 0.0588. The molecule has 5 nitrogen and oxygen atoms in total. The Morgan fingerprint density at radius 3 is 2.55 bits per heavy atom. The van der Waals surface area contributed by atoms with E-state index in [1.807, 2.05) is 0 Å². The maximum absolute atomic E-state index is 12.5. The predicted octanol–water partition coefficient (Wildman–Crippen LogP) is 1.10. The van der Waals surface area contributed by atoms with Crippen LogP contribution in [0.25, 0.3) is 0 Å². The first-order valence-electron chi connectivity index (χ1n) is 7.17. The Kier molecular flexibility index (Phi) is 2.41. The lowest BCUT2D eigenvalue weighted by Gasteiger charge is -2.22. The van der Waals surface area contributed by atoms with Crippen LogP contribution < -0.4 is 5.73 Å². The summed E-state index contributed by atoms with van der Waals surface area (Å²) in [6, 6.07) is 5.79. The van der Waals surface area contributed by atoms with Crippen LogP contribution in [0.3, 0.4) is 0 Å². The maximum Gasteiger partial charge on any atom is 0.263 e. The zero-order valence-electron chi connectivity index (χ0n) is 11.2. The number of imide groups is 1. The third-order valence-corrected chi connectivity index (χ3v) is 4.60. The summed E-state index contributed by atoms with van der Waals surface area (Å²) >= 11 is 0. The summed E-state index contributed by atoms with van der Waals surface area (Å²) in [4.78, 5) is 28.8. The molecule has 20 heavy (non-hydrogen) atoms. The number of hydrogen-bond acceptors (Lipinski definition) is 4. The molecule has 1 saturated carbocycles. The van der Waals surface area contributed by atoms with Crippen molar-refractivity contribution in [2.45, 2.75) is 31.3 Å².